The van der Waals surface area contributed by atoms with Crippen molar-refractivity contribution in [2.45, 2.75) is 19.3 Å². The summed E-state index contributed by atoms with van der Waals surface area (Å²) in [5.74, 6) is 0.401. The molecule has 2 aromatic carbocycles. The number of nitriles is 1. The van der Waals surface area contributed by atoms with Crippen molar-refractivity contribution in [3.63, 3.8) is 0 Å². The molecule has 5 nitrogen and oxygen atoms in total. The van der Waals surface area contributed by atoms with Crippen molar-refractivity contribution in [3.05, 3.63) is 77.6 Å². The van der Waals surface area contributed by atoms with Crippen LogP contribution in [0.2, 0.25) is 0 Å². The Labute approximate surface area is 177 Å². The molecule has 0 aliphatic carbocycles. The predicted molar refractivity (Wildman–Crippen MR) is 117 cm³/mol. The molecule has 1 unspecified atom stereocenters. The zero-order chi connectivity index (χ0) is 21.2. The van der Waals surface area contributed by atoms with E-state index in [0.29, 0.717) is 23.7 Å². The Kier molecular flexibility index (Phi) is 7.99. The molecule has 3 rings (SSSR count). The molecule has 30 heavy (non-hydrogen) atoms. The molecule has 0 bridgehead atoms. The number of halogens is 1. The standard InChI is InChI=1S/C24H27FN4O/c25-22-10-8-19(9-11-22)15-21-6-4-14-29(18-21)13-2-1-12-27-24(30)28-23-7-3-5-20(16-23)17-26/h1-3,5,7-11,16,21H,4,6,12-15,18H2,(H2,27,28,30). The molecular weight excluding hydrogens is 379 g/mol. The number of carbonyl (C=O) groups excluding carboxylic acids is 1. The van der Waals surface area contributed by atoms with E-state index < -0.39 is 0 Å². The van der Waals surface area contributed by atoms with Gasteiger partial charge in [-0.05, 0) is 67.6 Å². The summed E-state index contributed by atoms with van der Waals surface area (Å²) in [4.78, 5) is 14.4. The minimum Gasteiger partial charge on any atom is -0.334 e. The number of hydrogen-bond acceptors (Lipinski definition) is 3. The summed E-state index contributed by atoms with van der Waals surface area (Å²) in [6, 6.07) is 15.4. The van der Waals surface area contributed by atoms with Crippen molar-refractivity contribution >= 4 is 11.7 Å². The molecule has 0 radical (unpaired) electrons. The number of urea groups is 1. The highest BCUT2D eigenvalue weighted by Crippen LogP contribution is 2.21. The van der Waals surface area contributed by atoms with E-state index in [0.717, 1.165) is 26.1 Å². The summed E-state index contributed by atoms with van der Waals surface area (Å²) < 4.78 is 13.1. The predicted octanol–water partition coefficient (Wildman–Crippen LogP) is 4.33. The first-order valence-electron chi connectivity index (χ1n) is 10.3. The lowest BCUT2D eigenvalue weighted by Crippen LogP contribution is -2.36. The molecule has 156 valence electrons. The fourth-order valence-corrected chi connectivity index (χ4v) is 3.74. The number of hydrogen-bond donors (Lipinski definition) is 2. The minimum absolute atomic E-state index is 0.188. The average Bonchev–Trinajstić information content (AvgIpc) is 2.75. The minimum atomic E-state index is -0.299. The summed E-state index contributed by atoms with van der Waals surface area (Å²) in [6.45, 7) is 3.41. The van der Waals surface area contributed by atoms with E-state index in [9.17, 15) is 9.18 Å². The first-order valence-corrected chi connectivity index (χ1v) is 10.3. The molecule has 0 saturated carbocycles. The Morgan fingerprint density at radius 2 is 2.07 bits per heavy atom. The number of carbonyl (C=O) groups is 1. The highest BCUT2D eigenvalue weighted by atomic mass is 19.1. The highest BCUT2D eigenvalue weighted by Gasteiger charge is 2.19. The topological polar surface area (TPSA) is 68.2 Å². The molecule has 2 amide bonds. The number of piperidine rings is 1. The van der Waals surface area contributed by atoms with Crippen LogP contribution in [-0.4, -0.2) is 37.1 Å². The third-order valence-electron chi connectivity index (χ3n) is 5.20. The quantitative estimate of drug-likeness (QED) is 0.673. The smallest absolute Gasteiger partial charge is 0.319 e. The van der Waals surface area contributed by atoms with Gasteiger partial charge in [-0.25, -0.2) is 9.18 Å². The van der Waals surface area contributed by atoms with Gasteiger partial charge in [0, 0.05) is 25.3 Å². The van der Waals surface area contributed by atoms with Crippen LogP contribution < -0.4 is 10.6 Å². The Bertz CT molecular complexity index is 904. The van der Waals surface area contributed by atoms with Crippen LogP contribution >= 0.6 is 0 Å². The second-order valence-electron chi connectivity index (χ2n) is 7.60. The summed E-state index contributed by atoms with van der Waals surface area (Å²) in [7, 11) is 0. The molecular formula is C24H27FN4O. The molecule has 6 heteroatoms. The van der Waals surface area contributed by atoms with E-state index in [-0.39, 0.29) is 11.8 Å². The van der Waals surface area contributed by atoms with Gasteiger partial charge in [0.25, 0.3) is 0 Å². The monoisotopic (exact) mass is 406 g/mol. The van der Waals surface area contributed by atoms with Gasteiger partial charge in [-0.1, -0.05) is 30.4 Å². The number of benzene rings is 2. The molecule has 2 aromatic rings. The van der Waals surface area contributed by atoms with E-state index in [4.69, 9.17) is 5.26 Å². The molecule has 2 N–H and O–H groups in total. The zero-order valence-electron chi connectivity index (χ0n) is 17.0. The lowest BCUT2D eigenvalue weighted by atomic mass is 9.91. The number of nitrogens with zero attached hydrogens (tertiary/aromatic N) is 2. The van der Waals surface area contributed by atoms with Gasteiger partial charge in [-0.3, -0.25) is 4.90 Å². The molecule has 1 aliphatic rings. The van der Waals surface area contributed by atoms with Gasteiger partial charge in [-0.2, -0.15) is 5.26 Å². The maximum atomic E-state index is 13.1. The fourth-order valence-electron chi connectivity index (χ4n) is 3.74. The van der Waals surface area contributed by atoms with Crippen LogP contribution in [0.4, 0.5) is 14.9 Å². The number of nitrogens with one attached hydrogen (secondary N) is 2. The van der Waals surface area contributed by atoms with E-state index in [2.05, 4.69) is 21.6 Å². The number of likely N-dealkylation sites (tertiary alicyclic amines) is 1. The van der Waals surface area contributed by atoms with Crippen LogP contribution in [0.5, 0.6) is 0 Å². The Hall–Kier alpha value is -3.17. The number of amides is 2. The van der Waals surface area contributed by atoms with Crippen molar-refractivity contribution in [2.75, 3.05) is 31.5 Å². The first kappa shape index (κ1) is 21.5. The van der Waals surface area contributed by atoms with Crippen LogP contribution in [0.1, 0.15) is 24.0 Å². The molecule has 1 saturated heterocycles. The molecule has 1 fully saturated rings. The Morgan fingerprint density at radius 1 is 1.23 bits per heavy atom. The first-order chi connectivity index (χ1) is 14.6. The van der Waals surface area contributed by atoms with Gasteiger partial charge in [0.05, 0.1) is 11.6 Å². The third-order valence-corrected chi connectivity index (χ3v) is 5.20. The van der Waals surface area contributed by atoms with Gasteiger partial charge < -0.3 is 10.6 Å². The molecule has 1 atom stereocenters. The second-order valence-corrected chi connectivity index (χ2v) is 7.60. The Balaban J connectivity index is 1.36. The SMILES string of the molecule is N#Cc1cccc(NC(=O)NCC=CCN2CCCC(Cc3ccc(F)cc3)C2)c1. The van der Waals surface area contributed by atoms with Crippen molar-refractivity contribution in [1.29, 1.82) is 5.26 Å². The van der Waals surface area contributed by atoms with Crippen LogP contribution in [0.3, 0.4) is 0 Å². The normalized spacial score (nSPS) is 16.9. The summed E-state index contributed by atoms with van der Waals surface area (Å²) in [6.07, 6.45) is 7.38. The van der Waals surface area contributed by atoms with E-state index in [1.54, 1.807) is 24.3 Å². The number of anilines is 1. The molecule has 1 heterocycles. The van der Waals surface area contributed by atoms with Gasteiger partial charge in [0.2, 0.25) is 0 Å². The van der Waals surface area contributed by atoms with Gasteiger partial charge >= 0.3 is 6.03 Å². The van der Waals surface area contributed by atoms with Crippen LogP contribution in [-0.2, 0) is 6.42 Å². The highest BCUT2D eigenvalue weighted by molar-refractivity contribution is 5.89. The summed E-state index contributed by atoms with van der Waals surface area (Å²) in [5, 5.41) is 14.4. The van der Waals surface area contributed by atoms with Crippen molar-refractivity contribution in [1.82, 2.24) is 10.2 Å². The molecule has 0 spiro atoms. The zero-order valence-corrected chi connectivity index (χ0v) is 17.0. The van der Waals surface area contributed by atoms with Crippen molar-refractivity contribution in [2.24, 2.45) is 5.92 Å². The summed E-state index contributed by atoms with van der Waals surface area (Å²) >= 11 is 0. The summed E-state index contributed by atoms with van der Waals surface area (Å²) in [5.41, 5.74) is 2.29. The lowest BCUT2D eigenvalue weighted by Gasteiger charge is -2.32. The van der Waals surface area contributed by atoms with Gasteiger partial charge in [0.15, 0.2) is 0 Å². The van der Waals surface area contributed by atoms with Crippen LogP contribution in [0.15, 0.2) is 60.7 Å². The third kappa shape index (κ3) is 7.02. The fraction of sp³-hybridized carbons (Fsp3) is 0.333. The lowest BCUT2D eigenvalue weighted by molar-refractivity contribution is 0.190. The van der Waals surface area contributed by atoms with Crippen molar-refractivity contribution < 1.29 is 9.18 Å². The average molecular weight is 407 g/mol. The van der Waals surface area contributed by atoms with Gasteiger partial charge in [-0.15, -0.1) is 0 Å². The van der Waals surface area contributed by atoms with E-state index >= 15 is 0 Å². The van der Waals surface area contributed by atoms with Crippen molar-refractivity contribution in [3.8, 4) is 6.07 Å². The molecule has 1 aliphatic heterocycles. The van der Waals surface area contributed by atoms with Gasteiger partial charge in [0.1, 0.15) is 5.82 Å². The van der Waals surface area contributed by atoms with E-state index in [1.807, 2.05) is 24.3 Å². The molecule has 0 aromatic heterocycles. The maximum absolute atomic E-state index is 13.1. The van der Waals surface area contributed by atoms with Crippen LogP contribution in [0.25, 0.3) is 0 Å². The maximum Gasteiger partial charge on any atom is 0.319 e. The number of rotatable bonds is 7. The largest absolute Gasteiger partial charge is 0.334 e. The van der Waals surface area contributed by atoms with E-state index in [1.165, 1.54) is 30.5 Å². The Morgan fingerprint density at radius 3 is 2.87 bits per heavy atom. The second kappa shape index (κ2) is 11.1. The van der Waals surface area contributed by atoms with Crippen LogP contribution in [0, 0.1) is 23.1 Å².